The molecule has 1 heterocycles. The minimum atomic E-state index is 0.211. The molecule has 1 aliphatic rings. The molecule has 0 spiro atoms. The number of hydrogen-bond donors (Lipinski definition) is 2. The van der Waals surface area contributed by atoms with Crippen LogP contribution in [0.5, 0.6) is 0 Å². The van der Waals surface area contributed by atoms with Crippen molar-refractivity contribution < 1.29 is 5.11 Å². The maximum atomic E-state index is 9.03. The molecule has 2 nitrogen and oxygen atoms in total. The first-order chi connectivity index (χ1) is 6.35. The highest BCUT2D eigenvalue weighted by atomic mass is 32.2. The van der Waals surface area contributed by atoms with E-state index in [9.17, 15) is 0 Å². The van der Waals surface area contributed by atoms with E-state index in [2.05, 4.69) is 29.8 Å². The van der Waals surface area contributed by atoms with Crippen LogP contribution in [-0.4, -0.2) is 24.0 Å². The van der Waals surface area contributed by atoms with E-state index in [1.165, 1.54) is 16.1 Å². The van der Waals surface area contributed by atoms with Gasteiger partial charge in [-0.05, 0) is 30.4 Å². The second-order valence-electron chi connectivity index (χ2n) is 3.21. The number of rotatable bonds is 2. The Hall–Kier alpha value is -0.670. The molecule has 0 aliphatic carbocycles. The molecule has 0 fully saturated rings. The topological polar surface area (TPSA) is 32.3 Å². The Kier molecular flexibility index (Phi) is 2.47. The normalized spacial score (nSPS) is 19.7. The van der Waals surface area contributed by atoms with E-state index in [0.717, 1.165) is 6.42 Å². The average molecular weight is 195 g/mol. The third-order valence-corrected chi connectivity index (χ3v) is 3.21. The van der Waals surface area contributed by atoms with Gasteiger partial charge in [0.2, 0.25) is 0 Å². The van der Waals surface area contributed by atoms with Crippen molar-refractivity contribution in [1.82, 2.24) is 0 Å². The molecule has 0 saturated heterocycles. The van der Waals surface area contributed by atoms with E-state index < -0.39 is 0 Å². The Balaban J connectivity index is 2.33. The van der Waals surface area contributed by atoms with Crippen molar-refractivity contribution in [2.24, 2.45) is 0 Å². The van der Waals surface area contributed by atoms with Crippen LogP contribution < -0.4 is 5.32 Å². The summed E-state index contributed by atoms with van der Waals surface area (Å²) in [5.74, 6) is 0. The fourth-order valence-electron chi connectivity index (χ4n) is 1.73. The number of hydrogen-bond acceptors (Lipinski definition) is 3. The maximum Gasteiger partial charge on any atom is 0.0636 e. The van der Waals surface area contributed by atoms with Gasteiger partial charge < -0.3 is 10.4 Å². The number of thioether (sulfide) groups is 1. The van der Waals surface area contributed by atoms with Crippen LogP contribution in [0.4, 0.5) is 5.69 Å². The van der Waals surface area contributed by atoms with Crippen molar-refractivity contribution in [2.45, 2.75) is 17.4 Å². The molecule has 0 amide bonds. The monoisotopic (exact) mass is 195 g/mol. The van der Waals surface area contributed by atoms with Gasteiger partial charge in [-0.1, -0.05) is 6.07 Å². The van der Waals surface area contributed by atoms with Crippen LogP contribution in [0.3, 0.4) is 0 Å². The van der Waals surface area contributed by atoms with Crippen molar-refractivity contribution >= 4 is 17.4 Å². The Morgan fingerprint density at radius 1 is 1.62 bits per heavy atom. The number of benzene rings is 1. The van der Waals surface area contributed by atoms with Crippen LogP contribution in [0.1, 0.15) is 5.56 Å². The first-order valence-electron chi connectivity index (χ1n) is 4.38. The lowest BCUT2D eigenvalue weighted by Gasteiger charge is -2.04. The van der Waals surface area contributed by atoms with Crippen LogP contribution in [-0.2, 0) is 6.42 Å². The Labute approximate surface area is 82.4 Å². The van der Waals surface area contributed by atoms with Crippen LogP contribution in [0.2, 0.25) is 0 Å². The molecule has 0 saturated carbocycles. The van der Waals surface area contributed by atoms with Crippen molar-refractivity contribution in [2.75, 3.05) is 18.2 Å². The highest BCUT2D eigenvalue weighted by Crippen LogP contribution is 2.33. The summed E-state index contributed by atoms with van der Waals surface area (Å²) in [4.78, 5) is 1.32. The van der Waals surface area contributed by atoms with E-state index in [1.807, 2.05) is 0 Å². The van der Waals surface area contributed by atoms with Gasteiger partial charge >= 0.3 is 0 Å². The van der Waals surface area contributed by atoms with Crippen molar-refractivity contribution in [1.29, 1.82) is 0 Å². The molecule has 1 atom stereocenters. The average Bonchev–Trinajstić information content (AvgIpc) is 2.59. The molecular formula is C10H13NOS. The molecular weight excluding hydrogens is 182 g/mol. The van der Waals surface area contributed by atoms with Crippen LogP contribution in [0, 0.1) is 0 Å². The summed E-state index contributed by atoms with van der Waals surface area (Å²) in [6.07, 6.45) is 3.03. The highest BCUT2D eigenvalue weighted by Gasteiger charge is 2.21. The number of aliphatic hydroxyl groups excluding tert-OH is 1. The number of anilines is 1. The van der Waals surface area contributed by atoms with E-state index >= 15 is 0 Å². The van der Waals surface area contributed by atoms with Gasteiger partial charge in [-0.2, -0.15) is 0 Å². The Bertz CT molecular complexity index is 314. The molecule has 1 aromatic carbocycles. The van der Waals surface area contributed by atoms with Crippen LogP contribution >= 0.6 is 11.8 Å². The van der Waals surface area contributed by atoms with Gasteiger partial charge in [0.1, 0.15) is 0 Å². The Morgan fingerprint density at radius 3 is 3.15 bits per heavy atom. The summed E-state index contributed by atoms with van der Waals surface area (Å²) >= 11 is 1.77. The third-order valence-electron chi connectivity index (χ3n) is 2.38. The molecule has 1 aromatic rings. The Morgan fingerprint density at radius 2 is 2.46 bits per heavy atom. The lowest BCUT2D eigenvalue weighted by Crippen LogP contribution is -2.19. The van der Waals surface area contributed by atoms with E-state index in [0.29, 0.717) is 0 Å². The van der Waals surface area contributed by atoms with Gasteiger partial charge in [-0.25, -0.2) is 0 Å². The molecule has 2 rings (SSSR count). The molecule has 3 heteroatoms. The van der Waals surface area contributed by atoms with Gasteiger partial charge in [0.15, 0.2) is 0 Å². The predicted octanol–water partition coefficient (Wildman–Crippen LogP) is 1.74. The van der Waals surface area contributed by atoms with E-state index in [4.69, 9.17) is 5.11 Å². The van der Waals surface area contributed by atoms with Gasteiger partial charge in [-0.15, -0.1) is 11.8 Å². The fourth-order valence-corrected chi connectivity index (χ4v) is 2.38. The summed E-state index contributed by atoms with van der Waals surface area (Å²) in [7, 11) is 0. The lowest BCUT2D eigenvalue weighted by molar-refractivity contribution is 0.277. The summed E-state index contributed by atoms with van der Waals surface area (Å²) in [6.45, 7) is 0.211. The van der Waals surface area contributed by atoms with Gasteiger partial charge in [-0.3, -0.25) is 0 Å². The lowest BCUT2D eigenvalue weighted by atomic mass is 10.1. The first-order valence-corrected chi connectivity index (χ1v) is 5.61. The smallest absolute Gasteiger partial charge is 0.0636 e. The predicted molar refractivity (Wildman–Crippen MR) is 56.4 cm³/mol. The second kappa shape index (κ2) is 3.60. The minimum absolute atomic E-state index is 0.211. The van der Waals surface area contributed by atoms with Crippen LogP contribution in [0.25, 0.3) is 0 Å². The zero-order valence-electron chi connectivity index (χ0n) is 7.58. The zero-order valence-corrected chi connectivity index (χ0v) is 8.40. The summed E-state index contributed by atoms with van der Waals surface area (Å²) in [5, 5.41) is 12.3. The SMILES string of the molecule is CSc1cccc2c1C[C@H](CO)N2. The fraction of sp³-hybridized carbons (Fsp3) is 0.400. The van der Waals surface area contributed by atoms with E-state index in [1.54, 1.807) is 11.8 Å². The van der Waals surface area contributed by atoms with Gasteiger partial charge in [0, 0.05) is 10.6 Å². The maximum absolute atomic E-state index is 9.03. The third kappa shape index (κ3) is 1.54. The van der Waals surface area contributed by atoms with Crippen molar-refractivity contribution in [3.05, 3.63) is 23.8 Å². The summed E-state index contributed by atoms with van der Waals surface area (Å²) in [5.41, 5.74) is 2.54. The molecule has 2 N–H and O–H groups in total. The molecule has 0 bridgehead atoms. The standard InChI is InChI=1S/C10H13NOS/c1-13-10-4-2-3-9-8(10)5-7(6-12)11-9/h2-4,7,11-12H,5-6H2,1H3/t7-/m1/s1. The quantitative estimate of drug-likeness (QED) is 0.705. The number of nitrogens with one attached hydrogen (secondary N) is 1. The van der Waals surface area contributed by atoms with Gasteiger partial charge in [0.25, 0.3) is 0 Å². The minimum Gasteiger partial charge on any atom is -0.394 e. The molecule has 13 heavy (non-hydrogen) atoms. The second-order valence-corrected chi connectivity index (χ2v) is 4.06. The van der Waals surface area contributed by atoms with Crippen LogP contribution in [0.15, 0.2) is 23.1 Å². The molecule has 0 aromatic heterocycles. The van der Waals surface area contributed by atoms with Crippen molar-refractivity contribution in [3.8, 4) is 0 Å². The number of aliphatic hydroxyl groups is 1. The van der Waals surface area contributed by atoms with Gasteiger partial charge in [0.05, 0.1) is 12.6 Å². The molecule has 0 radical (unpaired) electrons. The molecule has 1 aliphatic heterocycles. The number of fused-ring (bicyclic) bond motifs is 1. The molecule has 70 valence electrons. The molecule has 0 unspecified atom stereocenters. The largest absolute Gasteiger partial charge is 0.394 e. The summed E-state index contributed by atoms with van der Waals surface area (Å²) in [6, 6.07) is 6.47. The first kappa shape index (κ1) is 8.91. The zero-order chi connectivity index (χ0) is 9.26. The highest BCUT2D eigenvalue weighted by molar-refractivity contribution is 7.98. The van der Waals surface area contributed by atoms with Crippen molar-refractivity contribution in [3.63, 3.8) is 0 Å². The van der Waals surface area contributed by atoms with E-state index in [-0.39, 0.29) is 12.6 Å². The summed E-state index contributed by atoms with van der Waals surface area (Å²) < 4.78 is 0.